The zero-order valence-electron chi connectivity index (χ0n) is 13.7. The third kappa shape index (κ3) is 3.15. The van der Waals surface area contributed by atoms with Gasteiger partial charge in [0.25, 0.3) is 0 Å². The normalized spacial score (nSPS) is 16.0. The first kappa shape index (κ1) is 14.5. The molecule has 1 aromatic heterocycles. The van der Waals surface area contributed by atoms with Gasteiger partial charge in [-0.05, 0) is 56.1 Å². The van der Waals surface area contributed by atoms with Crippen LogP contribution in [0, 0.1) is 6.92 Å². The Balaban J connectivity index is 1.54. The van der Waals surface area contributed by atoms with E-state index in [1.165, 1.54) is 43.5 Å². The molecule has 2 heterocycles. The van der Waals surface area contributed by atoms with E-state index in [9.17, 15) is 0 Å². The van der Waals surface area contributed by atoms with Crippen LogP contribution in [0.3, 0.4) is 0 Å². The standard InChI is InChI=1S/C20H23N3/c1-15-5-10-18-19(13-15)22-20(21-18)17-8-6-16(7-9-17)14-23-11-3-2-4-12-23/h5-10,13H,2-4,11-12,14H2,1H3,(H,21,22). The van der Waals surface area contributed by atoms with Crippen LogP contribution in [-0.2, 0) is 6.54 Å². The molecule has 0 atom stereocenters. The van der Waals surface area contributed by atoms with Crippen molar-refractivity contribution in [1.82, 2.24) is 14.9 Å². The Morgan fingerprint density at radius 1 is 1.00 bits per heavy atom. The molecule has 0 saturated carbocycles. The van der Waals surface area contributed by atoms with Crippen molar-refractivity contribution in [1.29, 1.82) is 0 Å². The SMILES string of the molecule is Cc1ccc2nc(-c3ccc(CN4CCCCC4)cc3)[nH]c2c1. The van der Waals surface area contributed by atoms with E-state index in [1.807, 2.05) is 0 Å². The van der Waals surface area contributed by atoms with Gasteiger partial charge in [0.15, 0.2) is 0 Å². The maximum atomic E-state index is 4.70. The molecule has 0 spiro atoms. The van der Waals surface area contributed by atoms with Gasteiger partial charge >= 0.3 is 0 Å². The molecule has 0 bridgehead atoms. The van der Waals surface area contributed by atoms with E-state index in [-0.39, 0.29) is 0 Å². The number of benzene rings is 2. The van der Waals surface area contributed by atoms with E-state index in [0.717, 1.165) is 29.0 Å². The van der Waals surface area contributed by atoms with Gasteiger partial charge in [-0.3, -0.25) is 4.90 Å². The molecule has 1 aliphatic heterocycles. The van der Waals surface area contributed by atoms with E-state index in [0.29, 0.717) is 0 Å². The maximum absolute atomic E-state index is 4.70. The number of aromatic amines is 1. The Hall–Kier alpha value is -2.13. The molecule has 0 amide bonds. The summed E-state index contributed by atoms with van der Waals surface area (Å²) in [7, 11) is 0. The summed E-state index contributed by atoms with van der Waals surface area (Å²) in [5.74, 6) is 0.954. The molecule has 23 heavy (non-hydrogen) atoms. The molecule has 0 unspecified atom stereocenters. The van der Waals surface area contributed by atoms with Crippen LogP contribution in [0.1, 0.15) is 30.4 Å². The number of aromatic nitrogens is 2. The lowest BCUT2D eigenvalue weighted by Gasteiger charge is -2.26. The zero-order chi connectivity index (χ0) is 15.6. The lowest BCUT2D eigenvalue weighted by molar-refractivity contribution is 0.221. The number of rotatable bonds is 3. The number of hydrogen-bond donors (Lipinski definition) is 1. The molecule has 1 fully saturated rings. The molecule has 2 aromatic carbocycles. The fourth-order valence-electron chi connectivity index (χ4n) is 3.40. The second kappa shape index (κ2) is 6.17. The quantitative estimate of drug-likeness (QED) is 0.771. The molecule has 4 rings (SSSR count). The first-order chi connectivity index (χ1) is 11.3. The van der Waals surface area contributed by atoms with E-state index in [4.69, 9.17) is 4.98 Å². The van der Waals surface area contributed by atoms with Crippen molar-refractivity contribution >= 4 is 11.0 Å². The number of H-pyrrole nitrogens is 1. The average Bonchev–Trinajstić information content (AvgIpc) is 2.99. The summed E-state index contributed by atoms with van der Waals surface area (Å²) in [5.41, 5.74) is 5.94. The van der Waals surface area contributed by atoms with Gasteiger partial charge in [-0.1, -0.05) is 36.8 Å². The fraction of sp³-hybridized carbons (Fsp3) is 0.350. The highest BCUT2D eigenvalue weighted by atomic mass is 15.1. The van der Waals surface area contributed by atoms with E-state index in [2.05, 4.69) is 59.3 Å². The van der Waals surface area contributed by atoms with Gasteiger partial charge in [0.2, 0.25) is 0 Å². The van der Waals surface area contributed by atoms with Crippen molar-refractivity contribution in [2.24, 2.45) is 0 Å². The second-order valence-electron chi connectivity index (χ2n) is 6.64. The molecule has 118 valence electrons. The van der Waals surface area contributed by atoms with Crippen LogP contribution in [0.4, 0.5) is 0 Å². The van der Waals surface area contributed by atoms with Gasteiger partial charge in [0.1, 0.15) is 5.82 Å². The summed E-state index contributed by atoms with van der Waals surface area (Å²) < 4.78 is 0. The van der Waals surface area contributed by atoms with Crippen LogP contribution in [-0.4, -0.2) is 28.0 Å². The smallest absolute Gasteiger partial charge is 0.138 e. The second-order valence-corrected chi connectivity index (χ2v) is 6.64. The van der Waals surface area contributed by atoms with Crippen LogP contribution in [0.5, 0.6) is 0 Å². The van der Waals surface area contributed by atoms with Gasteiger partial charge in [0, 0.05) is 12.1 Å². The molecule has 3 aromatic rings. The largest absolute Gasteiger partial charge is 0.338 e. The minimum atomic E-state index is 0.954. The third-order valence-corrected chi connectivity index (χ3v) is 4.72. The highest BCUT2D eigenvalue weighted by Crippen LogP contribution is 2.22. The van der Waals surface area contributed by atoms with Gasteiger partial charge in [-0.25, -0.2) is 4.98 Å². The van der Waals surface area contributed by atoms with Crippen molar-refractivity contribution in [2.75, 3.05) is 13.1 Å². The number of nitrogens with one attached hydrogen (secondary N) is 1. The Morgan fingerprint density at radius 2 is 1.78 bits per heavy atom. The summed E-state index contributed by atoms with van der Waals surface area (Å²) in [6.45, 7) is 5.66. The number of hydrogen-bond acceptors (Lipinski definition) is 2. The van der Waals surface area contributed by atoms with Crippen LogP contribution >= 0.6 is 0 Å². The monoisotopic (exact) mass is 305 g/mol. The van der Waals surface area contributed by atoms with Gasteiger partial charge in [-0.15, -0.1) is 0 Å². The molecule has 1 saturated heterocycles. The lowest BCUT2D eigenvalue weighted by atomic mass is 10.1. The van der Waals surface area contributed by atoms with Gasteiger partial charge in [-0.2, -0.15) is 0 Å². The highest BCUT2D eigenvalue weighted by Gasteiger charge is 2.11. The van der Waals surface area contributed by atoms with Crippen molar-refractivity contribution < 1.29 is 0 Å². The van der Waals surface area contributed by atoms with Crippen LogP contribution in [0.25, 0.3) is 22.4 Å². The van der Waals surface area contributed by atoms with E-state index < -0.39 is 0 Å². The summed E-state index contributed by atoms with van der Waals surface area (Å²) in [5, 5.41) is 0. The fourth-order valence-corrected chi connectivity index (χ4v) is 3.40. The third-order valence-electron chi connectivity index (χ3n) is 4.72. The molecule has 3 heteroatoms. The lowest BCUT2D eigenvalue weighted by Crippen LogP contribution is -2.28. The van der Waals surface area contributed by atoms with Crippen LogP contribution < -0.4 is 0 Å². The molecule has 1 aliphatic rings. The van der Waals surface area contributed by atoms with Crippen LogP contribution in [0.2, 0.25) is 0 Å². The topological polar surface area (TPSA) is 31.9 Å². The minimum absolute atomic E-state index is 0.954. The summed E-state index contributed by atoms with van der Waals surface area (Å²) in [6.07, 6.45) is 4.08. The summed E-state index contributed by atoms with van der Waals surface area (Å²) >= 11 is 0. The molecule has 0 radical (unpaired) electrons. The molecular formula is C20H23N3. The number of likely N-dealkylation sites (tertiary alicyclic amines) is 1. The highest BCUT2D eigenvalue weighted by molar-refractivity contribution is 5.79. The van der Waals surface area contributed by atoms with E-state index >= 15 is 0 Å². The van der Waals surface area contributed by atoms with Crippen LogP contribution in [0.15, 0.2) is 42.5 Å². The number of nitrogens with zero attached hydrogens (tertiary/aromatic N) is 2. The van der Waals surface area contributed by atoms with Gasteiger partial charge in [0.05, 0.1) is 11.0 Å². The zero-order valence-corrected chi connectivity index (χ0v) is 13.7. The minimum Gasteiger partial charge on any atom is -0.338 e. The van der Waals surface area contributed by atoms with Crippen molar-refractivity contribution in [3.63, 3.8) is 0 Å². The maximum Gasteiger partial charge on any atom is 0.138 e. The molecule has 1 N–H and O–H groups in total. The summed E-state index contributed by atoms with van der Waals surface area (Å²) in [6, 6.07) is 15.2. The first-order valence-electron chi connectivity index (χ1n) is 8.56. The Labute approximate surface area is 137 Å². The summed E-state index contributed by atoms with van der Waals surface area (Å²) in [4.78, 5) is 10.7. The van der Waals surface area contributed by atoms with Gasteiger partial charge < -0.3 is 4.98 Å². The Bertz CT molecular complexity index is 795. The predicted molar refractivity (Wildman–Crippen MR) is 95.4 cm³/mol. The molecular weight excluding hydrogens is 282 g/mol. The average molecular weight is 305 g/mol. The Kier molecular flexibility index (Phi) is 3.88. The van der Waals surface area contributed by atoms with Crippen molar-refractivity contribution in [3.05, 3.63) is 53.6 Å². The number of imidazole rings is 1. The molecule has 3 nitrogen and oxygen atoms in total. The number of aryl methyl sites for hydroxylation is 1. The van der Waals surface area contributed by atoms with E-state index in [1.54, 1.807) is 0 Å². The Morgan fingerprint density at radius 3 is 2.57 bits per heavy atom. The number of piperidine rings is 1. The number of fused-ring (bicyclic) bond motifs is 1. The predicted octanol–water partition coefficient (Wildman–Crippen LogP) is 4.52. The first-order valence-corrected chi connectivity index (χ1v) is 8.56. The molecule has 0 aliphatic carbocycles. The van der Waals surface area contributed by atoms with Crippen molar-refractivity contribution in [3.8, 4) is 11.4 Å². The van der Waals surface area contributed by atoms with Crippen molar-refractivity contribution in [2.45, 2.75) is 32.7 Å².